The minimum Gasteiger partial charge on any atom is -0.455 e. The molecule has 0 fully saturated rings. The lowest BCUT2D eigenvalue weighted by Crippen LogP contribution is -2.16. The van der Waals surface area contributed by atoms with Gasteiger partial charge in [0.2, 0.25) is 0 Å². The van der Waals surface area contributed by atoms with Gasteiger partial charge in [0.1, 0.15) is 11.2 Å². The largest absolute Gasteiger partial charge is 0.455 e. The summed E-state index contributed by atoms with van der Waals surface area (Å²) in [6.45, 7) is 9.04. The van der Waals surface area contributed by atoms with Gasteiger partial charge in [0.05, 0.1) is 0 Å². The zero-order valence-electron chi connectivity index (χ0n) is 31.2. The molecular weight excluding hydrogens is 699 g/mol. The number of para-hydroxylation sites is 1. The molecule has 2 heterocycles. The molecule has 1 aliphatic rings. The molecule has 266 valence electrons. The molecule has 2 aromatic heterocycles. The molecule has 0 N–H and O–H groups in total. The number of benzene rings is 8. The van der Waals surface area contributed by atoms with Gasteiger partial charge in [-0.3, -0.25) is 0 Å². The van der Waals surface area contributed by atoms with Crippen molar-refractivity contribution in [1.29, 1.82) is 0 Å². The van der Waals surface area contributed by atoms with Crippen molar-refractivity contribution in [3.8, 4) is 33.4 Å². The lowest BCUT2D eigenvalue weighted by molar-refractivity contribution is 0.652. The van der Waals surface area contributed by atoms with Crippen molar-refractivity contribution in [2.75, 3.05) is 4.90 Å². The third-order valence-corrected chi connectivity index (χ3v) is 13.0. The second-order valence-electron chi connectivity index (χ2n) is 15.3. The summed E-state index contributed by atoms with van der Waals surface area (Å²) in [5.41, 5.74) is 15.7. The summed E-state index contributed by atoms with van der Waals surface area (Å²) in [4.78, 5) is 2.36. The van der Waals surface area contributed by atoms with Gasteiger partial charge < -0.3 is 9.32 Å². The Morgan fingerprint density at radius 2 is 1.23 bits per heavy atom. The molecular formula is C53H37NOS. The number of hydrogen-bond donors (Lipinski definition) is 0. The summed E-state index contributed by atoms with van der Waals surface area (Å²) >= 11 is 1.87. The Hall–Kier alpha value is -6.68. The van der Waals surface area contributed by atoms with Crippen molar-refractivity contribution < 1.29 is 4.42 Å². The fourth-order valence-corrected chi connectivity index (χ4v) is 10.5. The molecule has 10 aromatic rings. The van der Waals surface area contributed by atoms with E-state index in [1.807, 2.05) is 17.4 Å². The zero-order chi connectivity index (χ0) is 37.5. The predicted octanol–water partition coefficient (Wildman–Crippen LogP) is 15.7. The Bertz CT molecular complexity index is 3170. The number of fused-ring (bicyclic) bond motifs is 10. The number of nitrogens with zero attached hydrogens (tertiary/aromatic N) is 1. The second kappa shape index (κ2) is 12.4. The van der Waals surface area contributed by atoms with Crippen molar-refractivity contribution in [3.05, 3.63) is 193 Å². The Labute approximate surface area is 330 Å². The third kappa shape index (κ3) is 4.81. The van der Waals surface area contributed by atoms with E-state index < -0.39 is 0 Å². The van der Waals surface area contributed by atoms with E-state index in [-0.39, 0.29) is 5.41 Å². The molecule has 0 bridgehead atoms. The first kappa shape index (κ1) is 32.7. The molecule has 0 aliphatic heterocycles. The number of furan rings is 1. The van der Waals surface area contributed by atoms with Crippen LogP contribution in [0.15, 0.2) is 181 Å². The summed E-state index contributed by atoms with van der Waals surface area (Å²) in [5, 5.41) is 4.86. The third-order valence-electron chi connectivity index (χ3n) is 11.8. The van der Waals surface area contributed by atoms with Gasteiger partial charge in [-0.1, -0.05) is 142 Å². The molecule has 2 nitrogen and oxygen atoms in total. The van der Waals surface area contributed by atoms with E-state index in [9.17, 15) is 0 Å². The van der Waals surface area contributed by atoms with Crippen LogP contribution in [0.2, 0.25) is 0 Å². The summed E-state index contributed by atoms with van der Waals surface area (Å²) in [6, 6.07) is 61.4. The highest BCUT2D eigenvalue weighted by molar-refractivity contribution is 7.26. The quantitative estimate of drug-likeness (QED) is 0.169. The van der Waals surface area contributed by atoms with E-state index in [0.717, 1.165) is 50.1 Å². The number of rotatable bonds is 6. The highest BCUT2D eigenvalue weighted by Gasteiger charge is 2.40. The van der Waals surface area contributed by atoms with Gasteiger partial charge in [0, 0.05) is 64.5 Å². The molecule has 3 heteroatoms. The zero-order valence-corrected chi connectivity index (χ0v) is 32.0. The van der Waals surface area contributed by atoms with Gasteiger partial charge in [0.25, 0.3) is 0 Å². The van der Waals surface area contributed by atoms with Crippen LogP contribution in [0.25, 0.3) is 81.6 Å². The maximum atomic E-state index is 7.06. The SMILES string of the molecule is C=Cc1cc2c(oc3cccc(-c4cccc5c4sc4ccccc45)c32)c2c1C(C)(C)c1ccc(N(c3ccccc3)c3ccc(-c4ccccc4)cc3)cc1-2. The average Bonchev–Trinajstić information content (AvgIpc) is 3.89. The first-order chi connectivity index (χ1) is 27.5. The minimum atomic E-state index is -0.264. The molecule has 0 unspecified atom stereocenters. The molecule has 0 amide bonds. The second-order valence-corrected chi connectivity index (χ2v) is 16.3. The monoisotopic (exact) mass is 735 g/mol. The van der Waals surface area contributed by atoms with Crippen LogP contribution in [0.5, 0.6) is 0 Å². The van der Waals surface area contributed by atoms with Crippen molar-refractivity contribution in [3.63, 3.8) is 0 Å². The maximum absolute atomic E-state index is 7.06. The fraction of sp³-hybridized carbons (Fsp3) is 0.0566. The van der Waals surface area contributed by atoms with Crippen LogP contribution in [-0.4, -0.2) is 0 Å². The summed E-state index contributed by atoms with van der Waals surface area (Å²) < 4.78 is 9.66. The molecule has 11 rings (SSSR count). The van der Waals surface area contributed by atoms with Gasteiger partial charge >= 0.3 is 0 Å². The van der Waals surface area contributed by atoms with Crippen molar-refractivity contribution in [1.82, 2.24) is 0 Å². The van der Waals surface area contributed by atoms with E-state index in [1.165, 1.54) is 59.1 Å². The molecule has 0 atom stereocenters. The van der Waals surface area contributed by atoms with Crippen molar-refractivity contribution in [2.45, 2.75) is 19.3 Å². The Morgan fingerprint density at radius 3 is 2.04 bits per heavy atom. The van der Waals surface area contributed by atoms with Crippen LogP contribution < -0.4 is 4.90 Å². The van der Waals surface area contributed by atoms with Gasteiger partial charge in [-0.25, -0.2) is 0 Å². The van der Waals surface area contributed by atoms with Crippen LogP contribution in [0.3, 0.4) is 0 Å². The van der Waals surface area contributed by atoms with Gasteiger partial charge in [-0.2, -0.15) is 0 Å². The lowest BCUT2D eigenvalue weighted by Gasteiger charge is -2.27. The van der Waals surface area contributed by atoms with Crippen LogP contribution in [0.1, 0.15) is 30.5 Å². The highest BCUT2D eigenvalue weighted by Crippen LogP contribution is 2.56. The number of thiophene rings is 1. The Kier molecular flexibility index (Phi) is 7.26. The van der Waals surface area contributed by atoms with Crippen LogP contribution in [-0.2, 0) is 5.41 Å². The Morgan fingerprint density at radius 1 is 0.571 bits per heavy atom. The number of hydrogen-bond acceptors (Lipinski definition) is 3. The molecule has 1 aliphatic carbocycles. The minimum absolute atomic E-state index is 0.264. The summed E-state index contributed by atoms with van der Waals surface area (Å²) in [7, 11) is 0. The molecule has 0 spiro atoms. The van der Waals surface area contributed by atoms with Crippen LogP contribution in [0.4, 0.5) is 17.1 Å². The van der Waals surface area contributed by atoms with E-state index in [0.29, 0.717) is 0 Å². The smallest absolute Gasteiger partial charge is 0.143 e. The summed E-state index contributed by atoms with van der Waals surface area (Å²) in [5.74, 6) is 0. The van der Waals surface area contributed by atoms with Crippen LogP contribution >= 0.6 is 11.3 Å². The van der Waals surface area contributed by atoms with E-state index in [4.69, 9.17) is 4.42 Å². The molecule has 8 aromatic carbocycles. The van der Waals surface area contributed by atoms with Gasteiger partial charge in [-0.05, 0) is 93.5 Å². The summed E-state index contributed by atoms with van der Waals surface area (Å²) in [6.07, 6.45) is 2.03. The van der Waals surface area contributed by atoms with Crippen molar-refractivity contribution >= 4 is 76.6 Å². The first-order valence-electron chi connectivity index (χ1n) is 19.2. The fourth-order valence-electron chi connectivity index (χ4n) is 9.27. The standard InChI is InChI=1S/C53H37NOS/c1-4-33-31-44-48-40(42-22-13-21-41-39-19-11-12-24-47(39)56-52(41)42)20-14-23-46(48)55-51(44)49-43-32-38(29-30-45(43)53(2,3)50(33)49)54(36-17-9-6-10-18-36)37-27-25-35(26-28-37)34-15-7-5-8-16-34/h4-32H,1H2,2-3H3. The Balaban J connectivity index is 1.14. The maximum Gasteiger partial charge on any atom is 0.143 e. The molecule has 0 radical (unpaired) electrons. The van der Waals surface area contributed by atoms with Crippen molar-refractivity contribution in [2.24, 2.45) is 0 Å². The van der Waals surface area contributed by atoms with E-state index >= 15 is 0 Å². The van der Waals surface area contributed by atoms with Gasteiger partial charge in [0.15, 0.2) is 0 Å². The first-order valence-corrected chi connectivity index (χ1v) is 20.0. The predicted molar refractivity (Wildman–Crippen MR) is 240 cm³/mol. The topological polar surface area (TPSA) is 16.4 Å². The van der Waals surface area contributed by atoms with Crippen LogP contribution in [0, 0.1) is 0 Å². The highest BCUT2D eigenvalue weighted by atomic mass is 32.1. The van der Waals surface area contributed by atoms with E-state index in [2.05, 4.69) is 195 Å². The molecule has 0 saturated heterocycles. The molecule has 0 saturated carbocycles. The number of anilines is 3. The average molecular weight is 736 g/mol. The molecule has 56 heavy (non-hydrogen) atoms. The normalized spacial score (nSPS) is 13.0. The van der Waals surface area contributed by atoms with Gasteiger partial charge in [-0.15, -0.1) is 11.3 Å². The lowest BCUT2D eigenvalue weighted by atomic mass is 9.79. The van der Waals surface area contributed by atoms with E-state index in [1.54, 1.807) is 0 Å².